The number of nitrogens with zero attached hydrogens (tertiary/aromatic N) is 7. The summed E-state index contributed by atoms with van der Waals surface area (Å²) in [5.74, 6) is -2.73. The molecule has 2 aromatic heterocycles. The molecule has 2 unspecified atom stereocenters. The maximum Gasteiger partial charge on any atom is 0.255 e. The van der Waals surface area contributed by atoms with Crippen molar-refractivity contribution in [2.24, 2.45) is 5.41 Å². The lowest BCUT2D eigenvalue weighted by Gasteiger charge is -2.61. The molecule has 0 bridgehead atoms. The first-order valence-electron chi connectivity index (χ1n) is 22.7. The van der Waals surface area contributed by atoms with Gasteiger partial charge in [-0.1, -0.05) is 12.1 Å². The van der Waals surface area contributed by atoms with Crippen LogP contribution in [0.2, 0.25) is 0 Å². The van der Waals surface area contributed by atoms with Crippen LogP contribution in [0, 0.1) is 17.0 Å². The van der Waals surface area contributed by atoms with E-state index in [9.17, 15) is 29.1 Å². The van der Waals surface area contributed by atoms with Crippen molar-refractivity contribution < 1.29 is 37.9 Å². The highest BCUT2D eigenvalue weighted by Gasteiger charge is 2.54. The van der Waals surface area contributed by atoms with Gasteiger partial charge in [-0.3, -0.25) is 34.6 Å². The first kappa shape index (κ1) is 42.9. The lowest BCUT2D eigenvalue weighted by molar-refractivity contribution is -0.151. The van der Waals surface area contributed by atoms with Crippen molar-refractivity contribution in [2.75, 3.05) is 59.7 Å². The monoisotopic (exact) mass is 930 g/mol. The van der Waals surface area contributed by atoms with Crippen LogP contribution in [-0.2, 0) is 38.7 Å². The third-order valence-corrected chi connectivity index (χ3v) is 15.0. The number of carbonyl (C=O) groups is 5. The SMILES string of the molecule is O=C1CCC(Nc2ccc(N3CCC(O)(CC(=O)N4CC5(C4)CN(c4ccc(-c6cc(F)c7c(c6)C(=O)N(C(C(=O)Nc6nccs6)c6ncn8c6CCC8)C7)cc4)C5)CC3)c(F)c2)C(=O)N1. The summed E-state index contributed by atoms with van der Waals surface area (Å²) in [5.41, 5.74) is 3.72. The van der Waals surface area contributed by atoms with E-state index >= 15 is 8.78 Å². The fourth-order valence-corrected chi connectivity index (χ4v) is 11.3. The van der Waals surface area contributed by atoms with Crippen molar-refractivity contribution in [3.63, 3.8) is 0 Å². The van der Waals surface area contributed by atoms with Crippen LogP contribution >= 0.6 is 11.3 Å². The number of amides is 5. The molecule has 16 nitrogen and oxygen atoms in total. The van der Waals surface area contributed by atoms with E-state index in [1.807, 2.05) is 33.7 Å². The molecule has 6 aliphatic heterocycles. The minimum Gasteiger partial charge on any atom is -0.389 e. The Kier molecular flexibility index (Phi) is 10.6. The van der Waals surface area contributed by atoms with Crippen LogP contribution in [-0.4, -0.2) is 110 Å². The van der Waals surface area contributed by atoms with Crippen LogP contribution < -0.4 is 25.8 Å². The number of aromatic nitrogens is 3. The molecule has 67 heavy (non-hydrogen) atoms. The molecule has 346 valence electrons. The Hall–Kier alpha value is -6.73. The number of benzene rings is 3. The molecule has 3 aromatic carbocycles. The largest absolute Gasteiger partial charge is 0.389 e. The molecule has 4 saturated heterocycles. The average molecular weight is 931 g/mol. The molecule has 0 aliphatic carbocycles. The minimum absolute atomic E-state index is 0.00182. The summed E-state index contributed by atoms with van der Waals surface area (Å²) in [4.78, 5) is 81.0. The van der Waals surface area contributed by atoms with Crippen LogP contribution in [0.5, 0.6) is 0 Å². The van der Waals surface area contributed by atoms with E-state index in [-0.39, 0.29) is 47.7 Å². The number of rotatable bonds is 11. The topological polar surface area (TPSA) is 185 Å². The number of fused-ring (bicyclic) bond motifs is 2. The van der Waals surface area contributed by atoms with Crippen molar-refractivity contribution in [2.45, 2.75) is 75.7 Å². The molecular formula is C48H48F2N10O6S. The Balaban J connectivity index is 0.675. The van der Waals surface area contributed by atoms with Gasteiger partial charge in [-0.15, -0.1) is 11.3 Å². The number of aliphatic hydroxyl groups is 1. The van der Waals surface area contributed by atoms with Crippen LogP contribution in [0.3, 0.4) is 0 Å². The quantitative estimate of drug-likeness (QED) is 0.133. The highest BCUT2D eigenvalue weighted by molar-refractivity contribution is 7.13. The molecule has 2 atom stereocenters. The van der Waals surface area contributed by atoms with Gasteiger partial charge in [0.05, 0.1) is 36.3 Å². The highest BCUT2D eigenvalue weighted by atomic mass is 32.1. The van der Waals surface area contributed by atoms with Gasteiger partial charge in [0.1, 0.15) is 17.7 Å². The number of piperidine rings is 2. The second-order valence-electron chi connectivity index (χ2n) is 18.9. The second-order valence-corrected chi connectivity index (χ2v) is 19.8. The summed E-state index contributed by atoms with van der Waals surface area (Å²) in [5, 5.41) is 21.7. The number of likely N-dealkylation sites (tertiary alicyclic amines) is 1. The van der Waals surface area contributed by atoms with Gasteiger partial charge in [-0.25, -0.2) is 18.7 Å². The van der Waals surface area contributed by atoms with Gasteiger partial charge in [0.15, 0.2) is 11.2 Å². The van der Waals surface area contributed by atoms with Gasteiger partial charge in [0.25, 0.3) is 11.8 Å². The fraction of sp³-hybridized carbons (Fsp3) is 0.396. The molecule has 5 amide bonds. The lowest BCUT2D eigenvalue weighted by atomic mass is 9.72. The molecule has 4 N–H and O–H groups in total. The van der Waals surface area contributed by atoms with E-state index in [0.717, 1.165) is 49.4 Å². The van der Waals surface area contributed by atoms with Crippen molar-refractivity contribution in [3.8, 4) is 11.1 Å². The van der Waals surface area contributed by atoms with Crippen molar-refractivity contribution in [1.29, 1.82) is 0 Å². The molecule has 0 radical (unpaired) electrons. The number of anilines is 4. The van der Waals surface area contributed by atoms with E-state index in [2.05, 4.69) is 30.8 Å². The molecule has 0 saturated carbocycles. The number of thiazole rings is 1. The zero-order chi connectivity index (χ0) is 46.2. The van der Waals surface area contributed by atoms with Gasteiger partial charge < -0.3 is 34.6 Å². The Morgan fingerprint density at radius 3 is 2.43 bits per heavy atom. The highest BCUT2D eigenvalue weighted by Crippen LogP contribution is 2.44. The number of aryl methyl sites for hydroxylation is 1. The van der Waals surface area contributed by atoms with Gasteiger partial charge in [0, 0.05) is 97.4 Å². The van der Waals surface area contributed by atoms with E-state index < -0.39 is 47.0 Å². The van der Waals surface area contributed by atoms with Crippen molar-refractivity contribution in [1.82, 2.24) is 29.7 Å². The summed E-state index contributed by atoms with van der Waals surface area (Å²) in [6.07, 6.45) is 6.08. The first-order valence-corrected chi connectivity index (χ1v) is 23.6. The maximum absolute atomic E-state index is 15.9. The van der Waals surface area contributed by atoms with Crippen LogP contribution in [0.1, 0.15) is 71.9 Å². The lowest BCUT2D eigenvalue weighted by Crippen LogP contribution is -2.73. The molecule has 19 heteroatoms. The van der Waals surface area contributed by atoms with E-state index in [4.69, 9.17) is 0 Å². The van der Waals surface area contributed by atoms with Gasteiger partial charge in [-0.05, 0) is 85.7 Å². The summed E-state index contributed by atoms with van der Waals surface area (Å²) in [6.45, 7) is 4.18. The van der Waals surface area contributed by atoms with Crippen LogP contribution in [0.15, 0.2) is 72.5 Å². The number of halogens is 2. The van der Waals surface area contributed by atoms with Crippen molar-refractivity contribution in [3.05, 3.63) is 107 Å². The van der Waals surface area contributed by atoms with E-state index in [1.54, 1.807) is 41.0 Å². The standard InChI is InChI=1S/C48H48F2N10O6S/c49-34-19-29(18-32-33(34)22-60(45(32)65)42(44(64)55-46-51-13-17-67-46)41-38-2-1-14-57(38)27-52-41)28-3-6-31(7-4-28)58-23-47(24-58)25-59(26-47)40(62)21-48(66)11-15-56(16-12-48)37-9-5-30(20-35(37)50)53-36-8-10-39(61)54-43(36)63/h3-7,9,13,17-20,27,36,42,53,66H,1-2,8,10-12,14-16,21-26H2,(H,51,55,64)(H,54,61,63). The number of carbonyl (C=O) groups excluding carboxylic acids is 5. The molecule has 4 fully saturated rings. The zero-order valence-electron chi connectivity index (χ0n) is 36.5. The number of nitrogens with one attached hydrogen (secondary N) is 3. The summed E-state index contributed by atoms with van der Waals surface area (Å²) in [6, 6.07) is 13.9. The van der Waals surface area contributed by atoms with Crippen LogP contribution in [0.4, 0.5) is 31.0 Å². The average Bonchev–Trinajstić information content (AvgIpc) is 4.10. The molecule has 1 spiro atoms. The maximum atomic E-state index is 15.9. The van der Waals surface area contributed by atoms with Gasteiger partial charge in [0.2, 0.25) is 17.7 Å². The first-order chi connectivity index (χ1) is 32.3. The number of imide groups is 1. The Labute approximate surface area is 388 Å². The summed E-state index contributed by atoms with van der Waals surface area (Å²) < 4.78 is 33.2. The molecular weight excluding hydrogens is 883 g/mol. The predicted octanol–water partition coefficient (Wildman–Crippen LogP) is 4.85. The number of hydrogen-bond donors (Lipinski definition) is 4. The second kappa shape index (κ2) is 16.6. The van der Waals surface area contributed by atoms with E-state index in [0.29, 0.717) is 73.2 Å². The third kappa shape index (κ3) is 7.96. The Morgan fingerprint density at radius 2 is 1.70 bits per heavy atom. The molecule has 6 aliphatic rings. The molecule has 11 rings (SSSR count). The Bertz CT molecular complexity index is 2810. The third-order valence-electron chi connectivity index (χ3n) is 14.4. The van der Waals surface area contributed by atoms with Gasteiger partial charge in [-0.2, -0.15) is 0 Å². The zero-order valence-corrected chi connectivity index (χ0v) is 37.3. The minimum atomic E-state index is -1.19. The molecule has 8 heterocycles. The Morgan fingerprint density at radius 1 is 0.910 bits per heavy atom. The smallest absolute Gasteiger partial charge is 0.255 e. The summed E-state index contributed by atoms with van der Waals surface area (Å²) >= 11 is 1.27. The summed E-state index contributed by atoms with van der Waals surface area (Å²) in [7, 11) is 0. The predicted molar refractivity (Wildman–Crippen MR) is 244 cm³/mol. The van der Waals surface area contributed by atoms with Gasteiger partial charge >= 0.3 is 0 Å². The van der Waals surface area contributed by atoms with Crippen molar-refractivity contribution >= 4 is 63.1 Å². The fourth-order valence-electron chi connectivity index (χ4n) is 10.7. The molecule has 5 aromatic rings. The van der Waals surface area contributed by atoms with Crippen LogP contribution in [0.25, 0.3) is 11.1 Å². The number of hydrogen-bond acceptors (Lipinski definition) is 12. The van der Waals surface area contributed by atoms with E-state index in [1.165, 1.54) is 28.4 Å². The number of imidazole rings is 1. The normalized spacial score (nSPS) is 20.8.